The lowest BCUT2D eigenvalue weighted by Crippen LogP contribution is -2.14. The molecule has 1 N–H and O–H groups in total. The normalized spacial score (nSPS) is 20.8. The van der Waals surface area contributed by atoms with Crippen LogP contribution >= 0.6 is 11.6 Å². The SMILES string of the molecule is O=S(O)Oc1cc([C@H]2C[C@@H](Cl)C(c3c(F)cccc3F)=N2)ccc1C(F)(F)F. The Kier molecular flexibility index (Phi) is 5.74. The summed E-state index contributed by atoms with van der Waals surface area (Å²) in [5.41, 5.74) is -1.52. The van der Waals surface area contributed by atoms with Gasteiger partial charge >= 0.3 is 17.5 Å². The molecule has 0 aliphatic carbocycles. The average Bonchev–Trinajstić information content (AvgIpc) is 2.95. The Morgan fingerprint density at radius 2 is 1.82 bits per heavy atom. The number of benzene rings is 2. The van der Waals surface area contributed by atoms with Crippen LogP contribution in [0.4, 0.5) is 22.0 Å². The van der Waals surface area contributed by atoms with E-state index in [9.17, 15) is 26.2 Å². The number of alkyl halides is 4. The molecule has 28 heavy (non-hydrogen) atoms. The standard InChI is InChI=1S/C17H11ClF5NO3S/c18-10-7-13(24-16(10)15-11(19)2-1-3-12(15)20)8-4-5-9(17(21,22)23)14(6-8)27-28(25)26/h1-6,10,13H,7H2,(H,25,26)/t10-,13-/m1/s1. The summed E-state index contributed by atoms with van der Waals surface area (Å²) in [7, 11) is 0. The van der Waals surface area contributed by atoms with Crippen molar-refractivity contribution in [2.45, 2.75) is 24.0 Å². The van der Waals surface area contributed by atoms with E-state index >= 15 is 0 Å². The number of hydrogen-bond acceptors (Lipinski definition) is 3. The zero-order valence-electron chi connectivity index (χ0n) is 13.7. The molecule has 4 nitrogen and oxygen atoms in total. The van der Waals surface area contributed by atoms with Crippen LogP contribution in [0.25, 0.3) is 0 Å². The van der Waals surface area contributed by atoms with Gasteiger partial charge in [-0.2, -0.15) is 17.4 Å². The van der Waals surface area contributed by atoms with Crippen molar-refractivity contribution in [3.05, 3.63) is 64.7 Å². The second-order valence-corrected chi connectivity index (χ2v) is 7.01. The van der Waals surface area contributed by atoms with E-state index in [4.69, 9.17) is 16.2 Å². The number of aliphatic imine (C=N–C) groups is 1. The van der Waals surface area contributed by atoms with Gasteiger partial charge in [-0.15, -0.1) is 11.6 Å². The minimum absolute atomic E-state index is 0.0598. The molecule has 2 aromatic carbocycles. The fourth-order valence-corrected chi connectivity index (χ4v) is 3.54. The van der Waals surface area contributed by atoms with Gasteiger partial charge in [-0.3, -0.25) is 9.55 Å². The van der Waals surface area contributed by atoms with Crippen molar-refractivity contribution in [3.8, 4) is 5.75 Å². The predicted molar refractivity (Wildman–Crippen MR) is 92.7 cm³/mol. The van der Waals surface area contributed by atoms with Gasteiger partial charge in [0.2, 0.25) is 0 Å². The first kappa shape index (κ1) is 20.7. The van der Waals surface area contributed by atoms with E-state index < -0.39 is 57.5 Å². The van der Waals surface area contributed by atoms with Gasteiger partial charge in [0.15, 0.2) is 5.75 Å². The lowest BCUT2D eigenvalue weighted by atomic mass is 10.0. The highest BCUT2D eigenvalue weighted by Gasteiger charge is 2.37. The monoisotopic (exact) mass is 439 g/mol. The summed E-state index contributed by atoms with van der Waals surface area (Å²) in [6.07, 6.45) is -4.75. The van der Waals surface area contributed by atoms with Crippen LogP contribution in [0.3, 0.4) is 0 Å². The van der Waals surface area contributed by atoms with Crippen molar-refractivity contribution < 1.29 is 34.9 Å². The summed E-state index contributed by atoms with van der Waals surface area (Å²) < 4.78 is 91.2. The van der Waals surface area contributed by atoms with Gasteiger partial charge in [0.05, 0.1) is 28.3 Å². The van der Waals surface area contributed by atoms with E-state index in [-0.39, 0.29) is 17.7 Å². The molecule has 0 amide bonds. The maximum atomic E-state index is 14.0. The Bertz CT molecular complexity index is 946. The summed E-state index contributed by atoms with van der Waals surface area (Å²) in [4.78, 5) is 4.17. The highest BCUT2D eigenvalue weighted by molar-refractivity contribution is 7.74. The van der Waals surface area contributed by atoms with Crippen molar-refractivity contribution in [1.82, 2.24) is 0 Å². The summed E-state index contributed by atoms with van der Waals surface area (Å²) in [6.45, 7) is 0. The lowest BCUT2D eigenvalue weighted by Gasteiger charge is -2.15. The third-order valence-corrected chi connectivity index (χ3v) is 4.80. The van der Waals surface area contributed by atoms with E-state index in [0.29, 0.717) is 6.07 Å². The molecule has 150 valence electrons. The summed E-state index contributed by atoms with van der Waals surface area (Å²) >= 11 is 3.18. The van der Waals surface area contributed by atoms with E-state index in [0.717, 1.165) is 24.3 Å². The van der Waals surface area contributed by atoms with Crippen LogP contribution in [0.15, 0.2) is 41.4 Å². The fourth-order valence-electron chi connectivity index (χ4n) is 2.91. The number of halogens is 6. The van der Waals surface area contributed by atoms with Gasteiger partial charge < -0.3 is 4.18 Å². The van der Waals surface area contributed by atoms with Crippen LogP contribution < -0.4 is 4.18 Å². The van der Waals surface area contributed by atoms with Gasteiger partial charge in [0.1, 0.15) is 11.6 Å². The molecule has 0 saturated heterocycles. The molecule has 1 aliphatic heterocycles. The molecule has 3 rings (SSSR count). The summed E-state index contributed by atoms with van der Waals surface area (Å²) in [5.74, 6) is -2.59. The van der Waals surface area contributed by atoms with Crippen molar-refractivity contribution in [2.75, 3.05) is 0 Å². The largest absolute Gasteiger partial charge is 0.420 e. The highest BCUT2D eigenvalue weighted by Crippen LogP contribution is 2.41. The average molecular weight is 440 g/mol. The molecule has 0 radical (unpaired) electrons. The van der Waals surface area contributed by atoms with Crippen molar-refractivity contribution in [2.24, 2.45) is 4.99 Å². The molecular formula is C17H11ClF5NO3S. The zero-order valence-corrected chi connectivity index (χ0v) is 15.3. The lowest BCUT2D eigenvalue weighted by molar-refractivity contribution is -0.138. The molecule has 1 unspecified atom stereocenters. The first-order chi connectivity index (χ1) is 13.1. The Labute approximate surface area is 163 Å². The molecule has 1 heterocycles. The van der Waals surface area contributed by atoms with Gasteiger partial charge in [-0.05, 0) is 36.2 Å². The number of rotatable bonds is 4. The fraction of sp³-hybridized carbons (Fsp3) is 0.235. The van der Waals surface area contributed by atoms with Crippen molar-refractivity contribution >= 4 is 28.7 Å². The van der Waals surface area contributed by atoms with Crippen molar-refractivity contribution in [3.63, 3.8) is 0 Å². The second-order valence-electron chi connectivity index (χ2n) is 5.88. The third-order valence-electron chi connectivity index (χ3n) is 4.10. The van der Waals surface area contributed by atoms with Gasteiger partial charge in [0, 0.05) is 0 Å². The smallest absolute Gasteiger partial charge is 0.379 e. The van der Waals surface area contributed by atoms with E-state index in [2.05, 4.69) is 9.18 Å². The van der Waals surface area contributed by atoms with E-state index in [1.807, 2.05) is 0 Å². The van der Waals surface area contributed by atoms with E-state index in [1.54, 1.807) is 0 Å². The maximum absolute atomic E-state index is 14.0. The molecule has 2 aromatic rings. The van der Waals surface area contributed by atoms with Crippen LogP contribution in [0.1, 0.15) is 29.2 Å². The first-order valence-electron chi connectivity index (χ1n) is 7.74. The van der Waals surface area contributed by atoms with Crippen LogP contribution in [-0.4, -0.2) is 19.9 Å². The summed E-state index contributed by atoms with van der Waals surface area (Å²) in [6, 6.07) is 5.14. The minimum atomic E-state index is -4.82. The van der Waals surface area contributed by atoms with Gasteiger partial charge in [-0.25, -0.2) is 8.78 Å². The molecule has 11 heteroatoms. The van der Waals surface area contributed by atoms with Crippen LogP contribution in [-0.2, 0) is 17.5 Å². The molecule has 0 aromatic heterocycles. The Morgan fingerprint density at radius 3 is 2.39 bits per heavy atom. The topological polar surface area (TPSA) is 58.9 Å². The first-order valence-corrected chi connectivity index (χ1v) is 9.21. The highest BCUT2D eigenvalue weighted by atomic mass is 35.5. The Balaban J connectivity index is 2.02. The predicted octanol–water partition coefficient (Wildman–Crippen LogP) is 5.04. The van der Waals surface area contributed by atoms with Crippen LogP contribution in [0, 0.1) is 11.6 Å². The minimum Gasteiger partial charge on any atom is -0.379 e. The number of hydrogen-bond donors (Lipinski definition) is 1. The molecule has 0 bridgehead atoms. The van der Waals surface area contributed by atoms with Gasteiger partial charge in [-0.1, -0.05) is 12.1 Å². The number of nitrogens with zero attached hydrogens (tertiary/aromatic N) is 1. The van der Waals surface area contributed by atoms with Crippen LogP contribution in [0.2, 0.25) is 0 Å². The molecule has 0 fully saturated rings. The Morgan fingerprint density at radius 1 is 1.18 bits per heavy atom. The molecule has 3 atom stereocenters. The maximum Gasteiger partial charge on any atom is 0.420 e. The van der Waals surface area contributed by atoms with Gasteiger partial charge in [0.25, 0.3) is 0 Å². The van der Waals surface area contributed by atoms with Crippen LogP contribution in [0.5, 0.6) is 5.75 Å². The molecule has 1 aliphatic rings. The molecular weight excluding hydrogens is 429 g/mol. The Hall–Kier alpha value is -2.04. The zero-order chi connectivity index (χ0) is 20.6. The summed E-state index contributed by atoms with van der Waals surface area (Å²) in [5, 5.41) is -0.880. The second kappa shape index (κ2) is 7.76. The van der Waals surface area contributed by atoms with Crippen molar-refractivity contribution in [1.29, 1.82) is 0 Å². The van der Waals surface area contributed by atoms with E-state index in [1.165, 1.54) is 6.07 Å². The molecule has 0 spiro atoms. The third kappa shape index (κ3) is 4.18. The quantitative estimate of drug-likeness (QED) is 0.412. The molecule has 0 saturated carbocycles.